The Kier molecular flexibility index (Phi) is 6.42. The number of hydrogen-bond acceptors (Lipinski definition) is 6. The van der Waals surface area contributed by atoms with Gasteiger partial charge in [0.15, 0.2) is 5.43 Å². The van der Waals surface area contributed by atoms with Crippen LogP contribution in [-0.2, 0) is 17.8 Å². The Labute approximate surface area is 212 Å². The van der Waals surface area contributed by atoms with Gasteiger partial charge in [-0.05, 0) is 0 Å². The summed E-state index contributed by atoms with van der Waals surface area (Å²) in [6.07, 6.45) is 0. The van der Waals surface area contributed by atoms with Crippen LogP contribution in [0.2, 0.25) is 0 Å². The summed E-state index contributed by atoms with van der Waals surface area (Å²) < 4.78 is 17.4. The number of aromatic carboxylic acids is 1. The molecule has 0 fully saturated rings. The molecular formula is C29H22BNO6. The third kappa shape index (κ3) is 4.67. The average Bonchev–Trinajstić information content (AvgIpc) is 2.88. The van der Waals surface area contributed by atoms with Gasteiger partial charge in [-0.1, -0.05) is 6.07 Å². The molecule has 0 atom stereocenters. The number of nitrogens with zero attached hydrogens (tertiary/aromatic N) is 1. The molecule has 2 N–H and O–H groups in total. The molecule has 1 heterocycles. The van der Waals surface area contributed by atoms with Gasteiger partial charge in [-0.25, -0.2) is 4.79 Å². The van der Waals surface area contributed by atoms with Gasteiger partial charge in [0.2, 0.25) is 0 Å². The van der Waals surface area contributed by atoms with Crippen LogP contribution in [0.25, 0.3) is 33.4 Å². The van der Waals surface area contributed by atoms with Crippen molar-refractivity contribution >= 4 is 29.6 Å². The second-order valence-corrected chi connectivity index (χ2v) is 8.95. The Bertz CT molecular complexity index is 1690. The molecule has 0 spiro atoms. The van der Waals surface area contributed by atoms with E-state index in [1.54, 1.807) is 36.4 Å². The second kappa shape index (κ2) is 9.83. The van der Waals surface area contributed by atoms with Crippen molar-refractivity contribution in [3.63, 3.8) is 0 Å². The van der Waals surface area contributed by atoms with Gasteiger partial charge in [-0.2, -0.15) is 0 Å². The van der Waals surface area contributed by atoms with Crippen molar-refractivity contribution < 1.29 is 24.1 Å². The molecule has 5 rings (SSSR count). The van der Waals surface area contributed by atoms with Gasteiger partial charge in [0.05, 0.1) is 0 Å². The summed E-state index contributed by atoms with van der Waals surface area (Å²) in [4.78, 5) is 26.1. The molecule has 0 amide bonds. The summed E-state index contributed by atoms with van der Waals surface area (Å²) in [6, 6.07) is 21.7. The van der Waals surface area contributed by atoms with Crippen molar-refractivity contribution in [2.24, 2.45) is 0 Å². The molecule has 0 radical (unpaired) electrons. The maximum absolute atomic E-state index is 12.1. The van der Waals surface area contributed by atoms with Crippen LogP contribution >= 0.6 is 0 Å². The first-order valence-corrected chi connectivity index (χ1v) is 11.6. The minimum atomic E-state index is -1.08. The van der Waals surface area contributed by atoms with Crippen LogP contribution in [0.15, 0.2) is 88.1 Å². The number of aromatic hydroxyl groups is 1. The predicted octanol–water partition coefficient (Wildman–Crippen LogP) is 4.28. The van der Waals surface area contributed by atoms with Crippen molar-refractivity contribution in [2.45, 2.75) is 13.1 Å². The third-order valence-corrected chi connectivity index (χ3v) is 6.38. The summed E-state index contributed by atoms with van der Waals surface area (Å²) in [7, 11) is 2.70. The number of carboxylic acid groups (broad SMARTS) is 1. The SMILES string of the molecule is CN(Cc1cc2c(-c3ccccc3C(=O)O)c3ccc(=O)cc-3oc2cc1O)Cc1ccccc1B=O. The number of carbonyl (C=O) groups is 1. The maximum atomic E-state index is 12.1. The van der Waals surface area contributed by atoms with E-state index in [0.29, 0.717) is 57.5 Å². The van der Waals surface area contributed by atoms with Crippen LogP contribution in [-0.4, -0.2) is 35.3 Å². The van der Waals surface area contributed by atoms with Crippen molar-refractivity contribution in [3.8, 4) is 28.2 Å². The molecule has 1 aliphatic carbocycles. The summed E-state index contributed by atoms with van der Waals surface area (Å²) in [6.45, 7) is 0.835. The molecule has 2 aliphatic rings. The summed E-state index contributed by atoms with van der Waals surface area (Å²) in [5.41, 5.74) is 3.93. The molecule has 37 heavy (non-hydrogen) atoms. The Morgan fingerprint density at radius 2 is 1.65 bits per heavy atom. The van der Waals surface area contributed by atoms with Gasteiger partial charge in [0.1, 0.15) is 0 Å². The summed E-state index contributed by atoms with van der Waals surface area (Å²) >= 11 is 0. The number of benzene rings is 4. The van der Waals surface area contributed by atoms with Gasteiger partial charge in [-0.15, -0.1) is 0 Å². The minimum absolute atomic E-state index is 0.00173. The zero-order chi connectivity index (χ0) is 26.1. The number of carboxylic acids is 1. The van der Waals surface area contributed by atoms with Crippen LogP contribution in [0.4, 0.5) is 0 Å². The fourth-order valence-corrected chi connectivity index (χ4v) is 4.69. The van der Waals surface area contributed by atoms with Gasteiger partial charge >= 0.3 is 187 Å². The van der Waals surface area contributed by atoms with Gasteiger partial charge in [-0.3, -0.25) is 4.79 Å². The Hall–Kier alpha value is -4.56. The molecule has 7 nitrogen and oxygen atoms in total. The number of phenols is 1. The first-order chi connectivity index (χ1) is 17.9. The van der Waals surface area contributed by atoms with E-state index in [0.717, 1.165) is 12.7 Å². The molecule has 0 unspecified atom stereocenters. The molecule has 0 saturated heterocycles. The average molecular weight is 491 g/mol. The standard InChI is InChI=1S/C29H22BNO6/c1-31(15-17-6-2-5-9-24(17)30-36)16-18-12-23-27(14-25(18)33)37-26-13-19(32)10-11-22(26)28(23)20-7-3-4-8-21(20)29(34)35/h2-14,33H,15-16H2,1H3,(H,34,35). The van der Waals surface area contributed by atoms with E-state index >= 15 is 0 Å². The Morgan fingerprint density at radius 3 is 2.43 bits per heavy atom. The van der Waals surface area contributed by atoms with E-state index < -0.39 is 5.97 Å². The number of rotatable bonds is 7. The van der Waals surface area contributed by atoms with E-state index in [9.17, 15) is 24.5 Å². The van der Waals surface area contributed by atoms with Gasteiger partial charge in [0, 0.05) is 0 Å². The van der Waals surface area contributed by atoms with E-state index in [2.05, 4.69) is 0 Å². The van der Waals surface area contributed by atoms with Gasteiger partial charge in [0.25, 0.3) is 0 Å². The first-order valence-electron chi connectivity index (χ1n) is 11.6. The van der Waals surface area contributed by atoms with Crippen molar-refractivity contribution in [1.29, 1.82) is 0 Å². The Morgan fingerprint density at radius 1 is 0.919 bits per heavy atom. The summed E-state index contributed by atoms with van der Waals surface area (Å²) in [5, 5.41) is 21.3. The van der Waals surface area contributed by atoms with Gasteiger partial charge < -0.3 is 5.11 Å². The Balaban J connectivity index is 1.68. The fourth-order valence-electron chi connectivity index (χ4n) is 4.69. The topological polar surface area (TPSA) is 108 Å². The van der Waals surface area contributed by atoms with E-state index in [-0.39, 0.29) is 16.7 Å². The molecule has 1 aliphatic heterocycles. The van der Waals surface area contributed by atoms with Crippen LogP contribution < -0.4 is 10.9 Å². The molecule has 8 heteroatoms. The van der Waals surface area contributed by atoms with E-state index in [4.69, 9.17) is 4.42 Å². The molecule has 3 aromatic carbocycles. The van der Waals surface area contributed by atoms with Crippen LogP contribution in [0.3, 0.4) is 0 Å². The van der Waals surface area contributed by atoms with Crippen molar-refractivity contribution in [3.05, 3.63) is 106 Å². The normalized spacial score (nSPS) is 11.2. The number of fused-ring (bicyclic) bond motifs is 2. The number of hydrogen-bond donors (Lipinski definition) is 2. The van der Waals surface area contributed by atoms with Crippen LogP contribution in [0.5, 0.6) is 5.75 Å². The van der Waals surface area contributed by atoms with Crippen LogP contribution in [0.1, 0.15) is 21.5 Å². The fraction of sp³-hybridized carbons (Fsp3) is 0.103. The van der Waals surface area contributed by atoms with E-state index in [1.165, 1.54) is 24.3 Å². The van der Waals surface area contributed by atoms with Crippen LogP contribution in [0, 0.1) is 0 Å². The van der Waals surface area contributed by atoms with E-state index in [1.807, 2.05) is 30.1 Å². The summed E-state index contributed by atoms with van der Waals surface area (Å²) in [5.74, 6) is -0.780. The third-order valence-electron chi connectivity index (χ3n) is 6.38. The molecule has 182 valence electrons. The molecule has 3 aromatic rings. The zero-order valence-electron chi connectivity index (χ0n) is 20.0. The second-order valence-electron chi connectivity index (χ2n) is 8.95. The molecule has 0 bridgehead atoms. The van der Waals surface area contributed by atoms with Crippen molar-refractivity contribution in [1.82, 2.24) is 4.90 Å². The molecular weight excluding hydrogens is 469 g/mol. The molecule has 0 saturated carbocycles. The molecule has 0 aromatic heterocycles. The quantitative estimate of drug-likeness (QED) is 0.259. The first kappa shape index (κ1) is 24.2. The predicted molar refractivity (Wildman–Crippen MR) is 141 cm³/mol. The van der Waals surface area contributed by atoms with Crippen molar-refractivity contribution in [2.75, 3.05) is 7.05 Å². The number of phenolic OH excluding ortho intramolecular Hbond substituents is 1. The monoisotopic (exact) mass is 491 g/mol. The zero-order valence-corrected chi connectivity index (χ0v) is 20.0.